The van der Waals surface area contributed by atoms with Crippen LogP contribution in [0.2, 0.25) is 0 Å². The number of fused-ring (bicyclic) bond motifs is 1. The van der Waals surface area contributed by atoms with Crippen molar-refractivity contribution in [2.24, 2.45) is 17.3 Å². The standard InChI is InChI=1S/C12H20/c1-2-5-10(6-3-1)12-8-4-7-11(12)9-12/h10-11H,1-9H2. The number of hydrogen-bond acceptors (Lipinski definition) is 0. The van der Waals surface area contributed by atoms with Crippen LogP contribution in [0.25, 0.3) is 0 Å². The van der Waals surface area contributed by atoms with E-state index in [1.54, 1.807) is 51.4 Å². The third-order valence-corrected chi connectivity index (χ3v) is 4.89. The molecule has 3 fully saturated rings. The Kier molecular flexibility index (Phi) is 1.54. The molecule has 3 aliphatic rings. The molecule has 0 amide bonds. The summed E-state index contributed by atoms with van der Waals surface area (Å²) in [5.74, 6) is 2.36. The zero-order valence-electron chi connectivity index (χ0n) is 8.02. The van der Waals surface area contributed by atoms with Gasteiger partial charge in [-0.25, -0.2) is 0 Å². The van der Waals surface area contributed by atoms with Crippen molar-refractivity contribution in [1.29, 1.82) is 0 Å². The first-order chi connectivity index (χ1) is 5.92. The minimum atomic E-state index is 0.931. The molecule has 0 heteroatoms. The summed E-state index contributed by atoms with van der Waals surface area (Å²) in [6, 6.07) is 0. The maximum Gasteiger partial charge on any atom is -0.0238 e. The molecule has 12 heavy (non-hydrogen) atoms. The van der Waals surface area contributed by atoms with Crippen molar-refractivity contribution in [3.8, 4) is 0 Å². The lowest BCUT2D eigenvalue weighted by molar-refractivity contribution is 0.218. The highest BCUT2D eigenvalue weighted by molar-refractivity contribution is 5.09. The van der Waals surface area contributed by atoms with Crippen LogP contribution in [0.5, 0.6) is 0 Å². The SMILES string of the molecule is C1CCC(C23CCCC2C3)CC1. The van der Waals surface area contributed by atoms with Crippen LogP contribution in [0.15, 0.2) is 0 Å². The van der Waals surface area contributed by atoms with E-state index in [9.17, 15) is 0 Å². The van der Waals surface area contributed by atoms with Gasteiger partial charge in [-0.3, -0.25) is 0 Å². The second-order valence-corrected chi connectivity index (χ2v) is 5.36. The van der Waals surface area contributed by atoms with Crippen molar-refractivity contribution < 1.29 is 0 Å². The Morgan fingerprint density at radius 1 is 0.750 bits per heavy atom. The first-order valence-electron chi connectivity index (χ1n) is 5.92. The molecule has 0 N–H and O–H groups in total. The molecule has 0 radical (unpaired) electrons. The Bertz CT molecular complexity index is 178. The predicted octanol–water partition coefficient (Wildman–Crippen LogP) is 3.76. The van der Waals surface area contributed by atoms with E-state index < -0.39 is 0 Å². The molecule has 3 rings (SSSR count). The first kappa shape index (κ1) is 7.41. The molecule has 0 aromatic carbocycles. The summed E-state index contributed by atoms with van der Waals surface area (Å²) in [4.78, 5) is 0. The minimum absolute atomic E-state index is 0.931. The van der Waals surface area contributed by atoms with E-state index in [2.05, 4.69) is 0 Å². The molecule has 2 unspecified atom stereocenters. The van der Waals surface area contributed by atoms with Gasteiger partial charge < -0.3 is 0 Å². The van der Waals surface area contributed by atoms with Gasteiger partial charge >= 0.3 is 0 Å². The fourth-order valence-electron chi connectivity index (χ4n) is 4.15. The lowest BCUT2D eigenvalue weighted by Gasteiger charge is -2.29. The van der Waals surface area contributed by atoms with E-state index in [4.69, 9.17) is 0 Å². The van der Waals surface area contributed by atoms with E-state index in [1.165, 1.54) is 18.3 Å². The Morgan fingerprint density at radius 3 is 2.08 bits per heavy atom. The van der Waals surface area contributed by atoms with Gasteiger partial charge in [0.25, 0.3) is 0 Å². The van der Waals surface area contributed by atoms with Gasteiger partial charge in [-0.1, -0.05) is 25.7 Å². The van der Waals surface area contributed by atoms with Gasteiger partial charge in [-0.15, -0.1) is 0 Å². The van der Waals surface area contributed by atoms with E-state index >= 15 is 0 Å². The zero-order chi connectivity index (χ0) is 8.02. The third-order valence-electron chi connectivity index (χ3n) is 4.89. The van der Waals surface area contributed by atoms with Crippen molar-refractivity contribution in [3.05, 3.63) is 0 Å². The Balaban J connectivity index is 1.71. The molecule has 2 atom stereocenters. The van der Waals surface area contributed by atoms with Crippen molar-refractivity contribution in [2.75, 3.05) is 0 Å². The summed E-state index contributed by atoms with van der Waals surface area (Å²) in [6.07, 6.45) is 14.1. The Morgan fingerprint density at radius 2 is 1.50 bits per heavy atom. The predicted molar refractivity (Wildman–Crippen MR) is 51.0 cm³/mol. The van der Waals surface area contributed by atoms with Crippen LogP contribution in [0.4, 0.5) is 0 Å². The summed E-state index contributed by atoms with van der Waals surface area (Å²) in [5.41, 5.74) is 0.931. The smallest absolute Gasteiger partial charge is 0.0238 e. The monoisotopic (exact) mass is 164 g/mol. The van der Waals surface area contributed by atoms with Crippen LogP contribution in [-0.4, -0.2) is 0 Å². The summed E-state index contributed by atoms with van der Waals surface area (Å²) >= 11 is 0. The molecule has 0 aromatic rings. The maximum atomic E-state index is 1.62. The molecule has 0 spiro atoms. The van der Waals surface area contributed by atoms with Gasteiger partial charge in [0.05, 0.1) is 0 Å². The summed E-state index contributed by atoms with van der Waals surface area (Å²) in [7, 11) is 0. The highest BCUT2D eigenvalue weighted by Gasteiger charge is 2.60. The summed E-state index contributed by atoms with van der Waals surface area (Å²) < 4.78 is 0. The van der Waals surface area contributed by atoms with Crippen LogP contribution in [0, 0.1) is 17.3 Å². The van der Waals surface area contributed by atoms with Crippen molar-refractivity contribution >= 4 is 0 Å². The fourth-order valence-corrected chi connectivity index (χ4v) is 4.15. The minimum Gasteiger partial charge on any atom is -0.0533 e. The van der Waals surface area contributed by atoms with Crippen molar-refractivity contribution in [1.82, 2.24) is 0 Å². The van der Waals surface area contributed by atoms with E-state index in [0.29, 0.717) is 0 Å². The van der Waals surface area contributed by atoms with Crippen molar-refractivity contribution in [3.63, 3.8) is 0 Å². The lowest BCUT2D eigenvalue weighted by atomic mass is 9.76. The molecule has 0 saturated heterocycles. The summed E-state index contributed by atoms with van der Waals surface area (Å²) in [5, 5.41) is 0. The van der Waals surface area contributed by atoms with E-state index in [0.717, 1.165) is 5.41 Å². The Labute approximate surface area is 75.7 Å². The average Bonchev–Trinajstić information content (AvgIpc) is 2.72. The van der Waals surface area contributed by atoms with Gasteiger partial charge in [0.2, 0.25) is 0 Å². The molecule has 0 nitrogen and oxygen atoms in total. The van der Waals surface area contributed by atoms with Gasteiger partial charge in [0, 0.05) is 0 Å². The maximum absolute atomic E-state index is 1.62. The van der Waals surface area contributed by atoms with Gasteiger partial charge in [-0.05, 0) is 49.4 Å². The normalized spacial score (nSPS) is 47.5. The van der Waals surface area contributed by atoms with Gasteiger partial charge in [0.15, 0.2) is 0 Å². The lowest BCUT2D eigenvalue weighted by Crippen LogP contribution is -2.18. The largest absolute Gasteiger partial charge is 0.0533 e. The molecule has 3 saturated carbocycles. The highest BCUT2D eigenvalue weighted by Crippen LogP contribution is 2.69. The van der Waals surface area contributed by atoms with Crippen LogP contribution in [-0.2, 0) is 0 Å². The van der Waals surface area contributed by atoms with E-state index in [-0.39, 0.29) is 0 Å². The molecular formula is C12H20. The van der Waals surface area contributed by atoms with Crippen LogP contribution >= 0.6 is 0 Å². The second kappa shape index (κ2) is 2.49. The molecular weight excluding hydrogens is 144 g/mol. The topological polar surface area (TPSA) is 0 Å². The van der Waals surface area contributed by atoms with Gasteiger partial charge in [0.1, 0.15) is 0 Å². The number of rotatable bonds is 1. The van der Waals surface area contributed by atoms with Gasteiger partial charge in [-0.2, -0.15) is 0 Å². The van der Waals surface area contributed by atoms with Crippen LogP contribution < -0.4 is 0 Å². The molecule has 3 aliphatic carbocycles. The summed E-state index contributed by atoms with van der Waals surface area (Å²) in [6.45, 7) is 0. The molecule has 0 aliphatic heterocycles. The van der Waals surface area contributed by atoms with Crippen LogP contribution in [0.1, 0.15) is 57.8 Å². The molecule has 0 aromatic heterocycles. The quantitative estimate of drug-likeness (QED) is 0.553. The zero-order valence-corrected chi connectivity index (χ0v) is 8.02. The molecule has 0 heterocycles. The highest BCUT2D eigenvalue weighted by atomic mass is 14.6. The third kappa shape index (κ3) is 0.900. The Hall–Kier alpha value is 0. The fraction of sp³-hybridized carbons (Fsp3) is 1.00. The molecule has 0 bridgehead atoms. The molecule has 68 valence electrons. The number of hydrogen-bond donors (Lipinski definition) is 0. The van der Waals surface area contributed by atoms with Crippen molar-refractivity contribution in [2.45, 2.75) is 57.8 Å². The average molecular weight is 164 g/mol. The first-order valence-corrected chi connectivity index (χ1v) is 5.92. The second-order valence-electron chi connectivity index (χ2n) is 5.36. The van der Waals surface area contributed by atoms with Crippen LogP contribution in [0.3, 0.4) is 0 Å². The van der Waals surface area contributed by atoms with E-state index in [1.807, 2.05) is 0 Å².